The van der Waals surface area contributed by atoms with Crippen LogP contribution in [0.2, 0.25) is 0 Å². The van der Waals surface area contributed by atoms with Crippen molar-refractivity contribution in [2.75, 3.05) is 33.4 Å². The largest absolute Gasteiger partial charge is 0.381 e. The summed E-state index contributed by atoms with van der Waals surface area (Å²) in [6.07, 6.45) is 6.10. The molecule has 0 rings (SSSR count). The van der Waals surface area contributed by atoms with Crippen molar-refractivity contribution >= 4 is 29.9 Å². The maximum absolute atomic E-state index is 5.46. The molecule has 0 spiro atoms. The standard InChI is InChI=1S/C12H23N3O.HI/c1-5-7-14-12(13-4)15-8-6-9-16-10-11(2)3;/h1,11H,6-10H2,2-4H3,(H2,13,14,15);1H. The average molecular weight is 353 g/mol. The van der Waals surface area contributed by atoms with Gasteiger partial charge in [0.25, 0.3) is 0 Å². The summed E-state index contributed by atoms with van der Waals surface area (Å²) >= 11 is 0. The van der Waals surface area contributed by atoms with Crippen molar-refractivity contribution in [3.05, 3.63) is 0 Å². The fraction of sp³-hybridized carbons (Fsp3) is 0.750. The molecule has 2 N–H and O–H groups in total. The third-order valence-corrected chi connectivity index (χ3v) is 1.79. The van der Waals surface area contributed by atoms with E-state index in [0.717, 1.165) is 32.1 Å². The molecule has 4 nitrogen and oxygen atoms in total. The SMILES string of the molecule is C#CCNC(=NC)NCCCOCC(C)C.I. The molecule has 17 heavy (non-hydrogen) atoms. The van der Waals surface area contributed by atoms with Crippen LogP contribution in [0.5, 0.6) is 0 Å². The molecule has 0 amide bonds. The molecule has 0 aromatic carbocycles. The van der Waals surface area contributed by atoms with Crippen LogP contribution in [0.4, 0.5) is 0 Å². The minimum Gasteiger partial charge on any atom is -0.381 e. The number of guanidine groups is 1. The van der Waals surface area contributed by atoms with E-state index >= 15 is 0 Å². The van der Waals surface area contributed by atoms with E-state index in [1.165, 1.54) is 0 Å². The van der Waals surface area contributed by atoms with E-state index in [0.29, 0.717) is 12.5 Å². The van der Waals surface area contributed by atoms with Gasteiger partial charge in [-0.25, -0.2) is 0 Å². The molecule has 0 aromatic rings. The molecule has 0 aliphatic carbocycles. The van der Waals surface area contributed by atoms with Crippen LogP contribution >= 0.6 is 24.0 Å². The Labute approximate surface area is 122 Å². The lowest BCUT2D eigenvalue weighted by Gasteiger charge is -2.10. The van der Waals surface area contributed by atoms with Crippen LogP contribution in [0, 0.1) is 18.3 Å². The van der Waals surface area contributed by atoms with Gasteiger partial charge in [0.1, 0.15) is 0 Å². The van der Waals surface area contributed by atoms with Gasteiger partial charge < -0.3 is 15.4 Å². The predicted octanol–water partition coefficient (Wildman–Crippen LogP) is 1.47. The molecular weight excluding hydrogens is 329 g/mol. The molecule has 0 aliphatic rings. The summed E-state index contributed by atoms with van der Waals surface area (Å²) in [5.74, 6) is 3.83. The van der Waals surface area contributed by atoms with Crippen LogP contribution in [0.1, 0.15) is 20.3 Å². The lowest BCUT2D eigenvalue weighted by atomic mass is 10.2. The van der Waals surface area contributed by atoms with Crippen molar-refractivity contribution in [3.8, 4) is 12.3 Å². The van der Waals surface area contributed by atoms with Crippen molar-refractivity contribution in [1.29, 1.82) is 0 Å². The maximum Gasteiger partial charge on any atom is 0.191 e. The average Bonchev–Trinajstić information content (AvgIpc) is 2.26. The van der Waals surface area contributed by atoms with Crippen LogP contribution in [0.15, 0.2) is 4.99 Å². The Hall–Kier alpha value is -0.480. The van der Waals surface area contributed by atoms with E-state index in [1.807, 2.05) is 0 Å². The molecule has 0 bridgehead atoms. The second-order valence-electron chi connectivity index (χ2n) is 3.88. The number of hydrogen-bond donors (Lipinski definition) is 2. The first-order valence-corrected chi connectivity index (χ1v) is 5.66. The molecular formula is C12H24IN3O. The van der Waals surface area contributed by atoms with Crippen molar-refractivity contribution < 1.29 is 4.74 Å². The second kappa shape index (κ2) is 13.6. The van der Waals surface area contributed by atoms with Crippen LogP contribution in [-0.4, -0.2) is 39.3 Å². The molecule has 0 aliphatic heterocycles. The number of nitrogens with one attached hydrogen (secondary N) is 2. The lowest BCUT2D eigenvalue weighted by molar-refractivity contribution is 0.108. The number of hydrogen-bond acceptors (Lipinski definition) is 2. The van der Waals surface area contributed by atoms with E-state index in [4.69, 9.17) is 11.2 Å². The molecule has 5 heteroatoms. The molecule has 0 saturated heterocycles. The highest BCUT2D eigenvalue weighted by Gasteiger charge is 1.96. The summed E-state index contributed by atoms with van der Waals surface area (Å²) in [7, 11) is 1.72. The minimum atomic E-state index is 0. The predicted molar refractivity (Wildman–Crippen MR) is 83.9 cm³/mol. The fourth-order valence-electron chi connectivity index (χ4n) is 1.06. The second-order valence-corrected chi connectivity index (χ2v) is 3.88. The van der Waals surface area contributed by atoms with Gasteiger partial charge in [0.05, 0.1) is 6.54 Å². The van der Waals surface area contributed by atoms with E-state index in [9.17, 15) is 0 Å². The molecule has 0 radical (unpaired) electrons. The zero-order valence-electron chi connectivity index (χ0n) is 11.0. The lowest BCUT2D eigenvalue weighted by Crippen LogP contribution is -2.38. The molecule has 0 aromatic heterocycles. The topological polar surface area (TPSA) is 45.7 Å². The van der Waals surface area contributed by atoms with Gasteiger partial charge in [-0.3, -0.25) is 4.99 Å². The van der Waals surface area contributed by atoms with Gasteiger partial charge in [-0.05, 0) is 12.3 Å². The number of aliphatic imine (C=N–C) groups is 1. The quantitative estimate of drug-likeness (QED) is 0.240. The highest BCUT2D eigenvalue weighted by atomic mass is 127. The van der Waals surface area contributed by atoms with Gasteiger partial charge >= 0.3 is 0 Å². The summed E-state index contributed by atoms with van der Waals surface area (Å²) in [6, 6.07) is 0. The van der Waals surface area contributed by atoms with E-state index in [1.54, 1.807) is 7.05 Å². The third-order valence-electron chi connectivity index (χ3n) is 1.79. The number of nitrogens with zero attached hydrogens (tertiary/aromatic N) is 1. The summed E-state index contributed by atoms with van der Waals surface area (Å²) in [4.78, 5) is 4.03. The molecule has 0 unspecified atom stereocenters. The zero-order valence-corrected chi connectivity index (χ0v) is 13.3. The Morgan fingerprint density at radius 1 is 1.41 bits per heavy atom. The molecule has 0 fully saturated rings. The number of terminal acetylenes is 1. The van der Waals surface area contributed by atoms with Gasteiger partial charge in [0.2, 0.25) is 0 Å². The van der Waals surface area contributed by atoms with Crippen molar-refractivity contribution in [2.24, 2.45) is 10.9 Å². The highest BCUT2D eigenvalue weighted by Crippen LogP contribution is 1.92. The summed E-state index contributed by atoms with van der Waals surface area (Å²) in [5, 5.41) is 6.15. The van der Waals surface area contributed by atoms with Gasteiger partial charge in [-0.15, -0.1) is 30.4 Å². The molecule has 0 saturated carbocycles. The Kier molecular flexibility index (Phi) is 15.1. The molecule has 0 heterocycles. The maximum atomic E-state index is 5.46. The van der Waals surface area contributed by atoms with E-state index < -0.39 is 0 Å². The van der Waals surface area contributed by atoms with Crippen LogP contribution in [-0.2, 0) is 4.74 Å². The number of rotatable bonds is 7. The normalized spacial score (nSPS) is 10.6. The highest BCUT2D eigenvalue weighted by molar-refractivity contribution is 14.0. The summed E-state index contributed by atoms with van der Waals surface area (Å²) in [6.45, 7) is 7.21. The number of halogens is 1. The fourth-order valence-corrected chi connectivity index (χ4v) is 1.06. The van der Waals surface area contributed by atoms with Gasteiger partial charge in [-0.1, -0.05) is 19.8 Å². The Morgan fingerprint density at radius 2 is 2.12 bits per heavy atom. The molecule has 100 valence electrons. The van der Waals surface area contributed by atoms with Gasteiger partial charge in [0, 0.05) is 26.8 Å². The monoisotopic (exact) mass is 353 g/mol. The Bertz CT molecular complexity index is 236. The summed E-state index contributed by atoms with van der Waals surface area (Å²) < 4.78 is 5.46. The van der Waals surface area contributed by atoms with Gasteiger partial charge in [0.15, 0.2) is 5.96 Å². The van der Waals surface area contributed by atoms with Crippen molar-refractivity contribution in [3.63, 3.8) is 0 Å². The first-order chi connectivity index (χ1) is 7.70. The Morgan fingerprint density at radius 3 is 2.65 bits per heavy atom. The van der Waals surface area contributed by atoms with Crippen LogP contribution in [0.3, 0.4) is 0 Å². The number of ether oxygens (including phenoxy) is 1. The smallest absolute Gasteiger partial charge is 0.191 e. The Balaban J connectivity index is 0. The van der Waals surface area contributed by atoms with Crippen molar-refractivity contribution in [2.45, 2.75) is 20.3 Å². The summed E-state index contributed by atoms with van der Waals surface area (Å²) in [5.41, 5.74) is 0. The van der Waals surface area contributed by atoms with E-state index in [-0.39, 0.29) is 24.0 Å². The first kappa shape index (κ1) is 18.9. The van der Waals surface area contributed by atoms with Gasteiger partial charge in [-0.2, -0.15) is 0 Å². The molecule has 0 atom stereocenters. The van der Waals surface area contributed by atoms with Crippen LogP contribution < -0.4 is 10.6 Å². The first-order valence-electron chi connectivity index (χ1n) is 5.66. The van der Waals surface area contributed by atoms with Crippen LogP contribution in [0.25, 0.3) is 0 Å². The van der Waals surface area contributed by atoms with Crippen molar-refractivity contribution in [1.82, 2.24) is 10.6 Å². The third kappa shape index (κ3) is 13.5. The zero-order chi connectivity index (χ0) is 12.2. The van der Waals surface area contributed by atoms with E-state index in [2.05, 4.69) is 35.4 Å². The minimum absolute atomic E-state index is 0.